The third-order valence-corrected chi connectivity index (χ3v) is 3.31. The lowest BCUT2D eigenvalue weighted by Crippen LogP contribution is -2.27. The number of anilines is 1. The van der Waals surface area contributed by atoms with Crippen molar-refractivity contribution >= 4 is 22.5 Å². The van der Waals surface area contributed by atoms with Crippen LogP contribution in [0.25, 0.3) is 10.9 Å². The molecule has 3 rings (SSSR count). The number of carbonyl (C=O) groups is 1. The number of phenols is 1. The van der Waals surface area contributed by atoms with Gasteiger partial charge < -0.3 is 21.1 Å². The number of aromatic hydroxyl groups is 1. The lowest BCUT2D eigenvalue weighted by atomic mass is 10.2. The highest BCUT2D eigenvalue weighted by molar-refractivity contribution is 5.92. The Hall–Kier alpha value is -3.35. The predicted molar refractivity (Wildman–Crippen MR) is 86.1 cm³/mol. The molecule has 23 heavy (non-hydrogen) atoms. The molecular formula is C16H14N4O3. The first-order valence-electron chi connectivity index (χ1n) is 6.88. The summed E-state index contributed by atoms with van der Waals surface area (Å²) < 4.78 is 0. The first-order chi connectivity index (χ1) is 11.0. The van der Waals surface area contributed by atoms with Crippen LogP contribution in [0.2, 0.25) is 0 Å². The van der Waals surface area contributed by atoms with Crippen molar-refractivity contribution in [3.8, 4) is 5.75 Å². The molecule has 1 aromatic heterocycles. The van der Waals surface area contributed by atoms with E-state index in [1.807, 2.05) is 0 Å². The van der Waals surface area contributed by atoms with Crippen LogP contribution in [-0.2, 0) is 6.54 Å². The van der Waals surface area contributed by atoms with E-state index in [2.05, 4.69) is 15.3 Å². The normalized spacial score (nSPS) is 10.6. The lowest BCUT2D eigenvalue weighted by Gasteiger charge is -2.06. The highest BCUT2D eigenvalue weighted by Gasteiger charge is 2.11. The maximum atomic E-state index is 12.1. The van der Waals surface area contributed by atoms with Crippen molar-refractivity contribution in [3.63, 3.8) is 0 Å². The molecule has 2 aromatic carbocycles. The molecule has 0 aliphatic heterocycles. The number of phenolic OH excluding ortho intramolecular Hbond substituents is 1. The number of nitrogens with two attached hydrogens (primary N) is 1. The fourth-order valence-corrected chi connectivity index (χ4v) is 2.20. The number of aromatic nitrogens is 2. The van der Waals surface area contributed by atoms with Crippen molar-refractivity contribution in [2.75, 3.05) is 5.73 Å². The van der Waals surface area contributed by atoms with Gasteiger partial charge in [0.25, 0.3) is 11.5 Å². The SMILES string of the molecule is Nc1ccc2nc(C(=O)NCc3cccc(O)c3)[nH]c(=O)c2c1. The van der Waals surface area contributed by atoms with Gasteiger partial charge in [0.2, 0.25) is 0 Å². The number of rotatable bonds is 3. The van der Waals surface area contributed by atoms with Crippen LogP contribution in [0.1, 0.15) is 16.2 Å². The molecule has 5 N–H and O–H groups in total. The van der Waals surface area contributed by atoms with E-state index >= 15 is 0 Å². The number of fused-ring (bicyclic) bond motifs is 1. The maximum absolute atomic E-state index is 12.1. The molecule has 0 aliphatic carbocycles. The zero-order valence-electron chi connectivity index (χ0n) is 12.0. The van der Waals surface area contributed by atoms with Gasteiger partial charge in [-0.15, -0.1) is 0 Å². The van der Waals surface area contributed by atoms with Crippen LogP contribution in [0.4, 0.5) is 5.69 Å². The fraction of sp³-hybridized carbons (Fsp3) is 0.0625. The monoisotopic (exact) mass is 310 g/mol. The summed E-state index contributed by atoms with van der Waals surface area (Å²) in [6.07, 6.45) is 0. The Bertz CT molecular complexity index is 949. The first kappa shape index (κ1) is 14.6. The van der Waals surface area contributed by atoms with Gasteiger partial charge in [-0.3, -0.25) is 9.59 Å². The van der Waals surface area contributed by atoms with Gasteiger partial charge in [0, 0.05) is 12.2 Å². The van der Waals surface area contributed by atoms with Crippen LogP contribution >= 0.6 is 0 Å². The van der Waals surface area contributed by atoms with E-state index in [0.717, 1.165) is 5.56 Å². The number of H-pyrrole nitrogens is 1. The zero-order chi connectivity index (χ0) is 16.4. The lowest BCUT2D eigenvalue weighted by molar-refractivity contribution is 0.0940. The zero-order valence-corrected chi connectivity index (χ0v) is 12.0. The van der Waals surface area contributed by atoms with Gasteiger partial charge in [-0.2, -0.15) is 0 Å². The van der Waals surface area contributed by atoms with Gasteiger partial charge in [-0.1, -0.05) is 12.1 Å². The predicted octanol–water partition coefficient (Wildman–Crippen LogP) is 1.14. The molecular weight excluding hydrogens is 296 g/mol. The Balaban J connectivity index is 1.83. The average molecular weight is 310 g/mol. The van der Waals surface area contributed by atoms with Crippen LogP contribution in [0.15, 0.2) is 47.3 Å². The van der Waals surface area contributed by atoms with Crippen LogP contribution in [0, 0.1) is 0 Å². The highest BCUT2D eigenvalue weighted by atomic mass is 16.3. The second-order valence-electron chi connectivity index (χ2n) is 5.04. The number of nitrogens with one attached hydrogen (secondary N) is 2. The number of amides is 1. The second kappa shape index (κ2) is 5.80. The van der Waals surface area contributed by atoms with Crippen molar-refractivity contribution in [2.24, 2.45) is 0 Å². The Morgan fingerprint density at radius 2 is 2.09 bits per heavy atom. The molecule has 7 nitrogen and oxygen atoms in total. The third-order valence-electron chi connectivity index (χ3n) is 3.31. The van der Waals surface area contributed by atoms with Gasteiger partial charge in [-0.25, -0.2) is 4.98 Å². The summed E-state index contributed by atoms with van der Waals surface area (Å²) in [5.74, 6) is -0.469. The van der Waals surface area contributed by atoms with E-state index in [-0.39, 0.29) is 18.1 Å². The van der Waals surface area contributed by atoms with Crippen molar-refractivity contribution in [3.05, 3.63) is 64.2 Å². The minimum absolute atomic E-state index is 0.0765. The largest absolute Gasteiger partial charge is 0.508 e. The molecule has 0 atom stereocenters. The molecule has 0 aliphatic rings. The molecule has 0 spiro atoms. The van der Waals surface area contributed by atoms with E-state index in [0.29, 0.717) is 16.6 Å². The van der Waals surface area contributed by atoms with Gasteiger partial charge >= 0.3 is 0 Å². The van der Waals surface area contributed by atoms with Crippen LogP contribution < -0.4 is 16.6 Å². The number of aromatic amines is 1. The average Bonchev–Trinajstić information content (AvgIpc) is 2.53. The quantitative estimate of drug-likeness (QED) is 0.541. The van der Waals surface area contributed by atoms with Gasteiger partial charge in [0.05, 0.1) is 10.9 Å². The molecule has 116 valence electrons. The van der Waals surface area contributed by atoms with E-state index in [4.69, 9.17) is 5.73 Å². The minimum atomic E-state index is -0.510. The number of hydrogen-bond acceptors (Lipinski definition) is 5. The van der Waals surface area contributed by atoms with Crippen LogP contribution in [-0.4, -0.2) is 21.0 Å². The molecule has 0 bridgehead atoms. The molecule has 3 aromatic rings. The number of hydrogen-bond donors (Lipinski definition) is 4. The van der Waals surface area contributed by atoms with Gasteiger partial charge in [-0.05, 0) is 35.9 Å². The molecule has 7 heteroatoms. The number of carbonyl (C=O) groups excluding carboxylic acids is 1. The van der Waals surface area contributed by atoms with Gasteiger partial charge in [0.15, 0.2) is 5.82 Å². The fourth-order valence-electron chi connectivity index (χ4n) is 2.20. The summed E-state index contributed by atoms with van der Waals surface area (Å²) in [6.45, 7) is 0.205. The summed E-state index contributed by atoms with van der Waals surface area (Å²) in [7, 11) is 0. The molecule has 0 radical (unpaired) electrons. The molecule has 0 fully saturated rings. The topological polar surface area (TPSA) is 121 Å². The highest BCUT2D eigenvalue weighted by Crippen LogP contribution is 2.12. The first-order valence-corrected chi connectivity index (χ1v) is 6.88. The minimum Gasteiger partial charge on any atom is -0.508 e. The van der Waals surface area contributed by atoms with Gasteiger partial charge in [0.1, 0.15) is 5.75 Å². The number of nitrogens with zero attached hydrogens (tertiary/aromatic N) is 1. The van der Waals surface area contributed by atoms with E-state index in [1.54, 1.807) is 36.4 Å². The van der Waals surface area contributed by atoms with Crippen LogP contribution in [0.5, 0.6) is 5.75 Å². The van der Waals surface area contributed by atoms with E-state index in [9.17, 15) is 14.7 Å². The molecule has 0 unspecified atom stereocenters. The second-order valence-corrected chi connectivity index (χ2v) is 5.04. The number of nitrogen functional groups attached to an aromatic ring is 1. The van der Waals surface area contributed by atoms with E-state index < -0.39 is 11.5 Å². The molecule has 1 heterocycles. The Morgan fingerprint density at radius 3 is 2.87 bits per heavy atom. The number of benzene rings is 2. The van der Waals surface area contributed by atoms with Crippen molar-refractivity contribution in [2.45, 2.75) is 6.54 Å². The molecule has 0 saturated heterocycles. The standard InChI is InChI=1S/C16H14N4O3/c17-10-4-5-13-12(7-10)15(22)20-14(19-13)16(23)18-8-9-2-1-3-11(21)6-9/h1-7,21H,8,17H2,(H,18,23)(H,19,20,22). The van der Waals surface area contributed by atoms with Crippen molar-refractivity contribution in [1.82, 2.24) is 15.3 Å². The summed E-state index contributed by atoms with van der Waals surface area (Å²) in [5.41, 5.74) is 6.78. The molecule has 1 amide bonds. The van der Waals surface area contributed by atoms with Crippen LogP contribution in [0.3, 0.4) is 0 Å². The summed E-state index contributed by atoms with van der Waals surface area (Å²) in [5, 5.41) is 12.4. The summed E-state index contributed by atoms with van der Waals surface area (Å²) >= 11 is 0. The smallest absolute Gasteiger partial charge is 0.287 e. The third kappa shape index (κ3) is 3.13. The molecule has 0 saturated carbocycles. The maximum Gasteiger partial charge on any atom is 0.287 e. The Kier molecular flexibility index (Phi) is 3.68. The Labute approximate surface area is 130 Å². The van der Waals surface area contributed by atoms with E-state index in [1.165, 1.54) is 6.07 Å². The summed E-state index contributed by atoms with van der Waals surface area (Å²) in [4.78, 5) is 30.7. The summed E-state index contributed by atoms with van der Waals surface area (Å²) in [6, 6.07) is 11.2. The Morgan fingerprint density at radius 1 is 1.26 bits per heavy atom. The van der Waals surface area contributed by atoms with Crippen molar-refractivity contribution in [1.29, 1.82) is 0 Å². The van der Waals surface area contributed by atoms with Crippen molar-refractivity contribution < 1.29 is 9.90 Å².